The van der Waals surface area contributed by atoms with Crippen LogP contribution in [0.5, 0.6) is 5.75 Å². The van der Waals surface area contributed by atoms with Gasteiger partial charge in [0.1, 0.15) is 18.2 Å². The van der Waals surface area contributed by atoms with E-state index in [2.05, 4.69) is 6.58 Å². The summed E-state index contributed by atoms with van der Waals surface area (Å²) in [6.07, 6.45) is 1.55. The minimum atomic E-state index is -0.474. The van der Waals surface area contributed by atoms with E-state index in [1.54, 1.807) is 6.08 Å². The third-order valence-electron chi connectivity index (χ3n) is 1.37. The van der Waals surface area contributed by atoms with Gasteiger partial charge in [0.15, 0.2) is 0 Å². The summed E-state index contributed by atoms with van der Waals surface area (Å²) in [5, 5.41) is 8.52. The van der Waals surface area contributed by atoms with Crippen molar-refractivity contribution in [3.05, 3.63) is 42.2 Å². The SMILES string of the molecule is C=CCOc1cc(F)cc(C#N)c1. The number of halogens is 1. The zero-order valence-electron chi connectivity index (χ0n) is 6.96. The van der Waals surface area contributed by atoms with Gasteiger partial charge in [-0.1, -0.05) is 12.7 Å². The molecule has 66 valence electrons. The lowest BCUT2D eigenvalue weighted by Gasteiger charge is -2.02. The molecule has 0 spiro atoms. The van der Waals surface area contributed by atoms with Crippen LogP contribution in [-0.2, 0) is 0 Å². The predicted octanol–water partition coefficient (Wildman–Crippen LogP) is 2.26. The first kappa shape index (κ1) is 9.27. The summed E-state index contributed by atoms with van der Waals surface area (Å²) in [7, 11) is 0. The van der Waals surface area contributed by atoms with Crippen LogP contribution < -0.4 is 4.74 Å². The second-order valence-corrected chi connectivity index (χ2v) is 2.39. The molecule has 0 radical (unpaired) electrons. The highest BCUT2D eigenvalue weighted by Gasteiger charge is 1.99. The standard InChI is InChI=1S/C10H8FNO/c1-2-3-13-10-5-8(7-12)4-9(11)6-10/h2,4-6H,1,3H2. The van der Waals surface area contributed by atoms with Gasteiger partial charge in [-0.05, 0) is 12.1 Å². The summed E-state index contributed by atoms with van der Waals surface area (Å²) in [4.78, 5) is 0. The van der Waals surface area contributed by atoms with Gasteiger partial charge in [-0.2, -0.15) is 5.26 Å². The summed E-state index contributed by atoms with van der Waals surface area (Å²) in [6.45, 7) is 3.76. The van der Waals surface area contributed by atoms with Crippen LogP contribution in [0, 0.1) is 17.1 Å². The Morgan fingerprint density at radius 3 is 2.92 bits per heavy atom. The molecule has 0 aromatic heterocycles. The molecule has 1 rings (SSSR count). The maximum Gasteiger partial charge on any atom is 0.128 e. The minimum Gasteiger partial charge on any atom is -0.489 e. The smallest absolute Gasteiger partial charge is 0.128 e. The van der Waals surface area contributed by atoms with Gasteiger partial charge in [0.05, 0.1) is 11.6 Å². The Balaban J connectivity index is 2.89. The predicted molar refractivity (Wildman–Crippen MR) is 46.8 cm³/mol. The average molecular weight is 177 g/mol. The molecule has 2 nitrogen and oxygen atoms in total. The highest BCUT2D eigenvalue weighted by Crippen LogP contribution is 2.15. The van der Waals surface area contributed by atoms with Gasteiger partial charge in [-0.25, -0.2) is 4.39 Å². The van der Waals surface area contributed by atoms with Crippen LogP contribution >= 0.6 is 0 Å². The zero-order chi connectivity index (χ0) is 9.68. The Bertz CT molecular complexity index is 354. The van der Waals surface area contributed by atoms with E-state index in [-0.39, 0.29) is 5.56 Å². The lowest BCUT2D eigenvalue weighted by molar-refractivity contribution is 0.361. The van der Waals surface area contributed by atoms with Crippen LogP contribution in [0.3, 0.4) is 0 Å². The van der Waals surface area contributed by atoms with E-state index in [0.717, 1.165) is 6.07 Å². The Kier molecular flexibility index (Phi) is 3.04. The number of nitriles is 1. The lowest BCUT2D eigenvalue weighted by Crippen LogP contribution is -1.93. The zero-order valence-corrected chi connectivity index (χ0v) is 6.96. The molecular formula is C10H8FNO. The van der Waals surface area contributed by atoms with Crippen molar-refractivity contribution in [2.24, 2.45) is 0 Å². The van der Waals surface area contributed by atoms with Gasteiger partial charge in [-0.15, -0.1) is 0 Å². The molecular weight excluding hydrogens is 169 g/mol. The molecule has 0 aliphatic rings. The Morgan fingerprint density at radius 1 is 1.54 bits per heavy atom. The first-order valence-electron chi connectivity index (χ1n) is 3.70. The van der Waals surface area contributed by atoms with Crippen molar-refractivity contribution in [1.82, 2.24) is 0 Å². The molecule has 1 aromatic carbocycles. The molecule has 0 unspecified atom stereocenters. The van der Waals surface area contributed by atoms with Crippen LogP contribution in [-0.4, -0.2) is 6.61 Å². The molecule has 3 heteroatoms. The van der Waals surface area contributed by atoms with Crippen LogP contribution in [0.25, 0.3) is 0 Å². The van der Waals surface area contributed by atoms with Crippen LogP contribution in [0.2, 0.25) is 0 Å². The quantitative estimate of drug-likeness (QED) is 0.663. The summed E-state index contributed by atoms with van der Waals surface area (Å²) in [5.74, 6) is -0.130. The topological polar surface area (TPSA) is 33.0 Å². The van der Waals surface area contributed by atoms with Crippen molar-refractivity contribution in [2.45, 2.75) is 0 Å². The average Bonchev–Trinajstić information content (AvgIpc) is 2.14. The third kappa shape index (κ3) is 2.60. The molecule has 0 amide bonds. The summed E-state index contributed by atoms with van der Waals surface area (Å²) in [6, 6.07) is 5.70. The fraction of sp³-hybridized carbons (Fsp3) is 0.100. The molecule has 0 N–H and O–H groups in total. The fourth-order valence-electron chi connectivity index (χ4n) is 0.866. The largest absolute Gasteiger partial charge is 0.489 e. The van der Waals surface area contributed by atoms with Crippen molar-refractivity contribution in [3.8, 4) is 11.8 Å². The number of nitrogens with zero attached hydrogens (tertiary/aromatic N) is 1. The van der Waals surface area contributed by atoms with E-state index in [4.69, 9.17) is 10.00 Å². The van der Waals surface area contributed by atoms with Crippen LogP contribution in [0.15, 0.2) is 30.9 Å². The maximum atomic E-state index is 12.8. The van der Waals surface area contributed by atoms with Crippen molar-refractivity contribution in [3.63, 3.8) is 0 Å². The van der Waals surface area contributed by atoms with Gasteiger partial charge in [-0.3, -0.25) is 0 Å². The van der Waals surface area contributed by atoms with Crippen molar-refractivity contribution < 1.29 is 9.13 Å². The highest BCUT2D eigenvalue weighted by atomic mass is 19.1. The molecule has 0 saturated heterocycles. The molecule has 0 heterocycles. The molecule has 0 aliphatic heterocycles. The second-order valence-electron chi connectivity index (χ2n) is 2.39. The maximum absolute atomic E-state index is 12.8. The monoisotopic (exact) mass is 177 g/mol. The molecule has 0 atom stereocenters. The van der Waals surface area contributed by atoms with Gasteiger partial charge in [0, 0.05) is 6.07 Å². The summed E-state index contributed by atoms with van der Waals surface area (Å²) >= 11 is 0. The molecule has 1 aromatic rings. The van der Waals surface area contributed by atoms with Crippen LogP contribution in [0.1, 0.15) is 5.56 Å². The number of hydrogen-bond acceptors (Lipinski definition) is 2. The van der Waals surface area contributed by atoms with E-state index in [1.165, 1.54) is 12.1 Å². The Hall–Kier alpha value is -1.82. The number of ether oxygens (including phenoxy) is 1. The second kappa shape index (κ2) is 4.27. The number of rotatable bonds is 3. The van der Waals surface area contributed by atoms with E-state index >= 15 is 0 Å². The fourth-order valence-corrected chi connectivity index (χ4v) is 0.866. The molecule has 0 fully saturated rings. The van der Waals surface area contributed by atoms with Crippen molar-refractivity contribution in [2.75, 3.05) is 6.61 Å². The molecule has 13 heavy (non-hydrogen) atoms. The third-order valence-corrected chi connectivity index (χ3v) is 1.37. The highest BCUT2D eigenvalue weighted by molar-refractivity contribution is 5.37. The van der Waals surface area contributed by atoms with Crippen LogP contribution in [0.4, 0.5) is 4.39 Å². The number of hydrogen-bond donors (Lipinski definition) is 0. The van der Waals surface area contributed by atoms with E-state index in [1.807, 2.05) is 6.07 Å². The van der Waals surface area contributed by atoms with Crippen molar-refractivity contribution in [1.29, 1.82) is 5.26 Å². The Morgan fingerprint density at radius 2 is 2.31 bits per heavy atom. The van der Waals surface area contributed by atoms with Gasteiger partial charge in [0.25, 0.3) is 0 Å². The molecule has 0 bridgehead atoms. The summed E-state index contributed by atoms with van der Waals surface area (Å²) < 4.78 is 17.9. The van der Waals surface area contributed by atoms with Gasteiger partial charge >= 0.3 is 0 Å². The van der Waals surface area contributed by atoms with E-state index < -0.39 is 5.82 Å². The first-order valence-corrected chi connectivity index (χ1v) is 3.70. The summed E-state index contributed by atoms with van der Waals surface area (Å²) in [5.41, 5.74) is 0.249. The van der Waals surface area contributed by atoms with E-state index in [0.29, 0.717) is 12.4 Å². The molecule has 0 saturated carbocycles. The first-order chi connectivity index (χ1) is 6.26. The minimum absolute atomic E-state index is 0.249. The normalized spacial score (nSPS) is 8.92. The van der Waals surface area contributed by atoms with Gasteiger partial charge < -0.3 is 4.74 Å². The van der Waals surface area contributed by atoms with Crippen molar-refractivity contribution >= 4 is 0 Å². The molecule has 0 aliphatic carbocycles. The Labute approximate surface area is 75.9 Å². The number of benzene rings is 1. The van der Waals surface area contributed by atoms with E-state index in [9.17, 15) is 4.39 Å². The van der Waals surface area contributed by atoms with Gasteiger partial charge in [0.2, 0.25) is 0 Å². The lowest BCUT2D eigenvalue weighted by atomic mass is 10.2.